The van der Waals surface area contributed by atoms with Crippen molar-refractivity contribution >= 4 is 27.5 Å². The van der Waals surface area contributed by atoms with E-state index in [-0.39, 0.29) is 11.5 Å². The Bertz CT molecular complexity index is 1330. The number of carbonyl (C=O) groups excluding carboxylic acids is 1. The number of piperazine rings is 1. The third-order valence-corrected chi connectivity index (χ3v) is 6.76. The van der Waals surface area contributed by atoms with Crippen LogP contribution in [-0.2, 0) is 6.54 Å². The second-order valence-corrected chi connectivity index (χ2v) is 8.75. The summed E-state index contributed by atoms with van der Waals surface area (Å²) in [6.07, 6.45) is 1.64. The monoisotopic (exact) mass is 461 g/mol. The van der Waals surface area contributed by atoms with E-state index in [2.05, 4.69) is 32.0 Å². The van der Waals surface area contributed by atoms with Gasteiger partial charge in [-0.05, 0) is 29.8 Å². The largest absolute Gasteiger partial charge is 0.497 e. The van der Waals surface area contributed by atoms with Gasteiger partial charge < -0.3 is 14.6 Å². The van der Waals surface area contributed by atoms with Gasteiger partial charge in [-0.2, -0.15) is 0 Å². The molecule has 1 N–H and O–H groups in total. The maximum atomic E-state index is 13.3. The lowest BCUT2D eigenvalue weighted by atomic mass is 10.1. The number of H-pyrrole nitrogens is 1. The van der Waals surface area contributed by atoms with Crippen LogP contribution in [0.3, 0.4) is 0 Å². The highest BCUT2D eigenvalue weighted by Gasteiger charge is 2.25. The molecule has 0 bridgehead atoms. The van der Waals surface area contributed by atoms with Crippen LogP contribution in [0.15, 0.2) is 58.8 Å². The SMILES string of the molecule is COc1ccc(CN2CCN(C(=O)c3csc4c(=O)[nH]c(-c5ccccn5)nc34)CC2)cc1. The Morgan fingerprint density at radius 2 is 1.91 bits per heavy atom. The van der Waals surface area contributed by atoms with Gasteiger partial charge in [0.1, 0.15) is 21.7 Å². The van der Waals surface area contributed by atoms with Gasteiger partial charge in [0, 0.05) is 44.3 Å². The molecule has 0 spiro atoms. The van der Waals surface area contributed by atoms with E-state index < -0.39 is 0 Å². The van der Waals surface area contributed by atoms with Crippen LogP contribution in [0, 0.1) is 0 Å². The van der Waals surface area contributed by atoms with E-state index in [1.54, 1.807) is 30.8 Å². The molecular formula is C24H23N5O3S. The highest BCUT2D eigenvalue weighted by Crippen LogP contribution is 2.25. The van der Waals surface area contributed by atoms with Crippen LogP contribution in [-0.4, -0.2) is 63.9 Å². The van der Waals surface area contributed by atoms with E-state index in [0.717, 1.165) is 25.4 Å². The van der Waals surface area contributed by atoms with Gasteiger partial charge in [0.2, 0.25) is 0 Å². The molecule has 3 aromatic heterocycles. The predicted molar refractivity (Wildman–Crippen MR) is 128 cm³/mol. The Labute approximate surface area is 194 Å². The molecule has 0 unspecified atom stereocenters. The van der Waals surface area contributed by atoms with Crippen LogP contribution in [0.2, 0.25) is 0 Å². The van der Waals surface area contributed by atoms with Crippen molar-refractivity contribution in [3.8, 4) is 17.3 Å². The van der Waals surface area contributed by atoms with Crippen molar-refractivity contribution in [1.82, 2.24) is 24.8 Å². The van der Waals surface area contributed by atoms with Gasteiger partial charge in [-0.15, -0.1) is 11.3 Å². The van der Waals surface area contributed by atoms with Gasteiger partial charge in [0.05, 0.1) is 12.7 Å². The summed E-state index contributed by atoms with van der Waals surface area (Å²) in [5.74, 6) is 1.12. The molecule has 0 atom stereocenters. The molecule has 0 saturated carbocycles. The number of benzene rings is 1. The molecule has 8 nitrogen and oxygen atoms in total. The number of ether oxygens (including phenoxy) is 1. The summed E-state index contributed by atoms with van der Waals surface area (Å²) in [4.78, 5) is 41.7. The first-order valence-electron chi connectivity index (χ1n) is 10.7. The molecule has 9 heteroatoms. The summed E-state index contributed by atoms with van der Waals surface area (Å²) in [6.45, 7) is 3.66. The van der Waals surface area contributed by atoms with Crippen molar-refractivity contribution in [2.24, 2.45) is 0 Å². The number of fused-ring (bicyclic) bond motifs is 1. The van der Waals surface area contributed by atoms with Crippen LogP contribution >= 0.6 is 11.3 Å². The van der Waals surface area contributed by atoms with Crippen LogP contribution < -0.4 is 10.3 Å². The average molecular weight is 462 g/mol. The topological polar surface area (TPSA) is 91.4 Å². The number of carbonyl (C=O) groups is 1. The highest BCUT2D eigenvalue weighted by atomic mass is 32.1. The number of pyridine rings is 1. The number of hydrogen-bond acceptors (Lipinski definition) is 7. The zero-order valence-electron chi connectivity index (χ0n) is 18.2. The molecule has 1 saturated heterocycles. The first kappa shape index (κ1) is 21.3. The summed E-state index contributed by atoms with van der Waals surface area (Å²) < 4.78 is 5.67. The van der Waals surface area contributed by atoms with E-state index in [1.807, 2.05) is 23.1 Å². The minimum atomic E-state index is -0.256. The third-order valence-electron chi connectivity index (χ3n) is 5.79. The maximum Gasteiger partial charge on any atom is 0.269 e. The summed E-state index contributed by atoms with van der Waals surface area (Å²) in [5.41, 5.74) is 2.43. The number of aromatic nitrogens is 3. The molecule has 4 heterocycles. The smallest absolute Gasteiger partial charge is 0.269 e. The Morgan fingerprint density at radius 3 is 2.61 bits per heavy atom. The number of nitrogens with one attached hydrogen (secondary N) is 1. The van der Waals surface area contributed by atoms with E-state index in [9.17, 15) is 9.59 Å². The minimum absolute atomic E-state index is 0.0876. The summed E-state index contributed by atoms with van der Waals surface area (Å²) in [6, 6.07) is 13.5. The molecule has 33 heavy (non-hydrogen) atoms. The number of methoxy groups -OCH3 is 1. The van der Waals surface area contributed by atoms with E-state index in [4.69, 9.17) is 4.74 Å². The zero-order chi connectivity index (χ0) is 22.8. The number of thiophene rings is 1. The normalized spacial score (nSPS) is 14.5. The standard InChI is InChI=1S/C24H23N5O3S/c1-32-17-7-5-16(6-8-17)14-28-10-12-29(13-11-28)24(31)18-15-33-21-20(18)26-22(27-23(21)30)19-4-2-3-9-25-19/h2-9,15H,10-14H2,1H3,(H,26,27,30). The number of nitrogens with zero attached hydrogens (tertiary/aromatic N) is 4. The van der Waals surface area contributed by atoms with Crippen LogP contribution in [0.4, 0.5) is 0 Å². The fourth-order valence-corrected chi connectivity index (χ4v) is 4.85. The van der Waals surface area contributed by atoms with Crippen LogP contribution in [0.1, 0.15) is 15.9 Å². The van der Waals surface area contributed by atoms with Crippen LogP contribution in [0.5, 0.6) is 5.75 Å². The van der Waals surface area contributed by atoms with Crippen molar-refractivity contribution in [3.63, 3.8) is 0 Å². The van der Waals surface area contributed by atoms with Gasteiger partial charge in [-0.3, -0.25) is 19.5 Å². The van der Waals surface area contributed by atoms with Crippen molar-refractivity contribution in [1.29, 1.82) is 0 Å². The second-order valence-electron chi connectivity index (χ2n) is 7.87. The number of aromatic amines is 1. The summed E-state index contributed by atoms with van der Waals surface area (Å²) in [5, 5.41) is 1.74. The Balaban J connectivity index is 1.31. The van der Waals surface area contributed by atoms with Crippen molar-refractivity contribution in [3.05, 3.63) is 75.5 Å². The third kappa shape index (κ3) is 4.37. The minimum Gasteiger partial charge on any atom is -0.497 e. The molecule has 1 aromatic carbocycles. The molecule has 5 rings (SSSR count). The molecule has 1 aliphatic heterocycles. The van der Waals surface area contributed by atoms with Gasteiger partial charge >= 0.3 is 0 Å². The molecule has 1 aliphatic rings. The highest BCUT2D eigenvalue weighted by molar-refractivity contribution is 7.17. The Kier molecular flexibility index (Phi) is 5.89. The van der Waals surface area contributed by atoms with Crippen LogP contribution in [0.25, 0.3) is 21.7 Å². The van der Waals surface area contributed by atoms with Crippen molar-refractivity contribution in [2.75, 3.05) is 33.3 Å². The summed E-state index contributed by atoms with van der Waals surface area (Å²) in [7, 11) is 1.66. The molecule has 0 aliphatic carbocycles. The van der Waals surface area contributed by atoms with Crippen molar-refractivity contribution in [2.45, 2.75) is 6.54 Å². The van der Waals surface area contributed by atoms with E-state index >= 15 is 0 Å². The predicted octanol–water partition coefficient (Wildman–Crippen LogP) is 3.01. The Hall–Kier alpha value is -3.56. The lowest BCUT2D eigenvalue weighted by Crippen LogP contribution is -2.48. The molecular weight excluding hydrogens is 438 g/mol. The molecule has 1 fully saturated rings. The van der Waals surface area contributed by atoms with Gasteiger partial charge in [-0.1, -0.05) is 18.2 Å². The van der Waals surface area contributed by atoms with Gasteiger partial charge in [0.25, 0.3) is 11.5 Å². The zero-order valence-corrected chi connectivity index (χ0v) is 19.0. The van der Waals surface area contributed by atoms with E-state index in [0.29, 0.717) is 40.4 Å². The van der Waals surface area contributed by atoms with Gasteiger partial charge in [-0.25, -0.2) is 4.98 Å². The maximum absolute atomic E-state index is 13.3. The number of rotatable bonds is 5. The summed E-state index contributed by atoms with van der Waals surface area (Å²) >= 11 is 1.25. The lowest BCUT2D eigenvalue weighted by molar-refractivity contribution is 0.0630. The Morgan fingerprint density at radius 1 is 1.12 bits per heavy atom. The van der Waals surface area contributed by atoms with Gasteiger partial charge in [0.15, 0.2) is 5.82 Å². The number of hydrogen-bond donors (Lipinski definition) is 1. The first-order chi connectivity index (χ1) is 16.1. The lowest BCUT2D eigenvalue weighted by Gasteiger charge is -2.34. The number of amides is 1. The second kappa shape index (κ2) is 9.13. The van der Waals surface area contributed by atoms with Crippen molar-refractivity contribution < 1.29 is 9.53 Å². The first-order valence-corrected chi connectivity index (χ1v) is 11.6. The molecule has 1 amide bonds. The fourth-order valence-electron chi connectivity index (χ4n) is 3.97. The quantitative estimate of drug-likeness (QED) is 0.491. The molecule has 168 valence electrons. The molecule has 4 aromatic rings. The average Bonchev–Trinajstić information content (AvgIpc) is 3.30. The molecule has 0 radical (unpaired) electrons. The fraction of sp³-hybridized carbons (Fsp3) is 0.250. The van der Waals surface area contributed by atoms with E-state index in [1.165, 1.54) is 16.9 Å².